The van der Waals surface area contributed by atoms with Crippen LogP contribution in [0, 0.1) is 3.57 Å². The van der Waals surface area contributed by atoms with E-state index in [9.17, 15) is 14.7 Å². The van der Waals surface area contributed by atoms with Crippen LogP contribution in [0.3, 0.4) is 0 Å². The van der Waals surface area contributed by atoms with Gasteiger partial charge in [0.15, 0.2) is 22.9 Å². The number of nitrogens with zero attached hydrogens (tertiary/aromatic N) is 1. The molecule has 0 aliphatic carbocycles. The number of hydrogen-bond donors (Lipinski definition) is 3. The second kappa shape index (κ2) is 10.1. The molecule has 1 amide bonds. The lowest BCUT2D eigenvalue weighted by atomic mass is 10.1. The predicted octanol–water partition coefficient (Wildman–Crippen LogP) is 5.60. The van der Waals surface area contributed by atoms with Gasteiger partial charge in [-0.15, -0.1) is 0 Å². The van der Waals surface area contributed by atoms with E-state index >= 15 is 0 Å². The summed E-state index contributed by atoms with van der Waals surface area (Å²) in [5.74, 6) is -0.901. The zero-order valence-corrected chi connectivity index (χ0v) is 20.2. The number of carbonyl (C=O) groups is 2. The topological polar surface area (TPSA) is 118 Å². The molecule has 0 unspecified atom stereocenters. The van der Waals surface area contributed by atoms with Crippen molar-refractivity contribution in [2.24, 2.45) is 0 Å². The third kappa shape index (κ3) is 5.00. The molecule has 3 N–H and O–H groups in total. The lowest BCUT2D eigenvalue weighted by Crippen LogP contribution is -2.30. The lowest BCUT2D eigenvalue weighted by molar-refractivity contribution is -0.135. The molecule has 0 radical (unpaired) electrons. The third-order valence-electron chi connectivity index (χ3n) is 4.63. The van der Waals surface area contributed by atoms with Crippen LogP contribution in [0.1, 0.15) is 10.5 Å². The first-order valence-electron chi connectivity index (χ1n) is 9.85. The summed E-state index contributed by atoms with van der Waals surface area (Å²) >= 11 is 8.35. The van der Waals surface area contributed by atoms with Crippen molar-refractivity contribution in [3.8, 4) is 28.7 Å². The minimum Gasteiger partial charge on any atom is -0.505 e. The number of carboxylic acid groups (broad SMARTS) is 1. The van der Waals surface area contributed by atoms with Crippen LogP contribution in [0.4, 0.5) is 0 Å². The molecule has 172 valence electrons. The van der Waals surface area contributed by atoms with E-state index in [-0.39, 0.29) is 16.3 Å². The highest BCUT2D eigenvalue weighted by Gasteiger charge is 2.25. The van der Waals surface area contributed by atoms with E-state index < -0.39 is 29.9 Å². The highest BCUT2D eigenvalue weighted by atomic mass is 127. The Labute approximate surface area is 212 Å². The van der Waals surface area contributed by atoms with Gasteiger partial charge in [-0.05, 0) is 52.9 Å². The van der Waals surface area contributed by atoms with Crippen LogP contribution in [0.25, 0.3) is 10.8 Å². The number of aliphatic carboxylic acids is 1. The summed E-state index contributed by atoms with van der Waals surface area (Å²) in [4.78, 5) is 27.2. The van der Waals surface area contributed by atoms with Crippen molar-refractivity contribution in [3.63, 3.8) is 0 Å². The molecule has 4 rings (SSSR count). The van der Waals surface area contributed by atoms with Gasteiger partial charge in [-0.25, -0.2) is 4.98 Å². The van der Waals surface area contributed by atoms with Crippen LogP contribution in [-0.2, 0) is 4.79 Å². The average Bonchev–Trinajstić information content (AvgIpc) is 2.83. The molecular weight excluding hydrogens is 575 g/mol. The van der Waals surface area contributed by atoms with Crippen LogP contribution < -0.4 is 14.8 Å². The second-order valence-corrected chi connectivity index (χ2v) is 8.38. The summed E-state index contributed by atoms with van der Waals surface area (Å²) in [6.07, 6.45) is 0. The number of hydrogen-bond acceptors (Lipinski definition) is 6. The van der Waals surface area contributed by atoms with Gasteiger partial charge in [0.1, 0.15) is 23.2 Å². The number of benzene rings is 3. The standard InChI is InChI=1S/C24H16ClIN2O6/c25-23-15-11-16(33-13-7-3-1-4-8-13)22(34-14-9-5-2-6-10-14)19(26)18(15)21(31)20(28-23)24(32)27-12-17(29)30/h1-11,31H,12H2,(H,27,32)(H,29,30). The molecule has 4 aromatic rings. The first-order chi connectivity index (χ1) is 16.3. The van der Waals surface area contributed by atoms with E-state index in [1.807, 2.05) is 59.0 Å². The van der Waals surface area contributed by atoms with Gasteiger partial charge in [0, 0.05) is 10.8 Å². The Bertz CT molecular complexity index is 1380. The fraction of sp³-hybridized carbons (Fsp3) is 0.0417. The van der Waals surface area contributed by atoms with E-state index in [1.165, 1.54) is 0 Å². The smallest absolute Gasteiger partial charge is 0.322 e. The number of ether oxygens (including phenoxy) is 2. The Balaban J connectivity index is 1.90. The molecule has 0 aliphatic heterocycles. The van der Waals surface area contributed by atoms with Gasteiger partial charge < -0.3 is 25.0 Å². The zero-order valence-electron chi connectivity index (χ0n) is 17.3. The van der Waals surface area contributed by atoms with E-state index in [4.69, 9.17) is 26.2 Å². The molecule has 3 aromatic carbocycles. The number of carbonyl (C=O) groups excluding carboxylic acids is 1. The molecule has 0 atom stereocenters. The number of nitrogens with one attached hydrogen (secondary N) is 1. The molecular formula is C24H16ClIN2O6. The SMILES string of the molecule is O=C(O)CNC(=O)c1nc(Cl)c2cc(Oc3ccccc3)c(Oc3ccccc3)c(I)c2c1O. The summed E-state index contributed by atoms with van der Waals surface area (Å²) in [6.45, 7) is -0.640. The Hall–Kier alpha value is -3.57. The van der Waals surface area contributed by atoms with Crippen LogP contribution in [0.15, 0.2) is 66.7 Å². The number of carboxylic acids is 1. The van der Waals surface area contributed by atoms with Crippen LogP contribution in [-0.4, -0.2) is 33.6 Å². The first kappa shape index (κ1) is 23.6. The third-order valence-corrected chi connectivity index (χ3v) is 5.95. The zero-order chi connectivity index (χ0) is 24.2. The van der Waals surface area contributed by atoms with E-state index in [2.05, 4.69) is 10.3 Å². The minimum absolute atomic E-state index is 0.0737. The Morgan fingerprint density at radius 1 is 1.00 bits per heavy atom. The van der Waals surface area contributed by atoms with Gasteiger partial charge in [-0.1, -0.05) is 48.0 Å². The molecule has 1 aromatic heterocycles. The van der Waals surface area contributed by atoms with Crippen LogP contribution in [0.5, 0.6) is 28.7 Å². The number of aromatic hydroxyl groups is 1. The molecule has 0 saturated heterocycles. The summed E-state index contributed by atoms with van der Waals surface area (Å²) < 4.78 is 12.6. The van der Waals surface area contributed by atoms with Crippen molar-refractivity contribution < 1.29 is 29.3 Å². The molecule has 0 saturated carbocycles. The van der Waals surface area contributed by atoms with Crippen molar-refractivity contribution in [1.82, 2.24) is 10.3 Å². The molecule has 1 heterocycles. The van der Waals surface area contributed by atoms with Crippen LogP contribution in [0.2, 0.25) is 5.15 Å². The predicted molar refractivity (Wildman–Crippen MR) is 134 cm³/mol. The van der Waals surface area contributed by atoms with Crippen LogP contribution >= 0.6 is 34.2 Å². The van der Waals surface area contributed by atoms with E-state index in [0.29, 0.717) is 26.2 Å². The van der Waals surface area contributed by atoms with Crippen molar-refractivity contribution in [2.45, 2.75) is 0 Å². The Morgan fingerprint density at radius 2 is 1.59 bits per heavy atom. The molecule has 0 bridgehead atoms. The van der Waals surface area contributed by atoms with Crippen molar-refractivity contribution >= 4 is 56.8 Å². The molecule has 34 heavy (non-hydrogen) atoms. The van der Waals surface area contributed by atoms with Crippen molar-refractivity contribution in [1.29, 1.82) is 0 Å². The maximum atomic E-state index is 12.4. The van der Waals surface area contributed by atoms with Gasteiger partial charge in [-0.3, -0.25) is 9.59 Å². The molecule has 0 spiro atoms. The summed E-state index contributed by atoms with van der Waals surface area (Å²) in [5.41, 5.74) is -0.404. The average molecular weight is 591 g/mol. The molecule has 8 nitrogen and oxygen atoms in total. The number of pyridine rings is 1. The summed E-state index contributed by atoms with van der Waals surface area (Å²) in [7, 11) is 0. The lowest BCUT2D eigenvalue weighted by Gasteiger charge is -2.18. The van der Waals surface area contributed by atoms with Gasteiger partial charge in [0.25, 0.3) is 5.91 Å². The highest BCUT2D eigenvalue weighted by molar-refractivity contribution is 14.1. The van der Waals surface area contributed by atoms with Gasteiger partial charge in [0.05, 0.1) is 3.57 Å². The number of aromatic nitrogens is 1. The number of para-hydroxylation sites is 2. The molecule has 10 heteroatoms. The highest BCUT2D eigenvalue weighted by Crippen LogP contribution is 2.47. The maximum Gasteiger partial charge on any atom is 0.322 e. The maximum absolute atomic E-state index is 12.4. The summed E-state index contributed by atoms with van der Waals surface area (Å²) in [5, 5.41) is 22.4. The Kier molecular flexibility index (Phi) is 7.03. The fourth-order valence-electron chi connectivity index (χ4n) is 3.12. The minimum atomic E-state index is -1.24. The molecule has 0 fully saturated rings. The van der Waals surface area contributed by atoms with Crippen molar-refractivity contribution in [3.05, 3.63) is 81.1 Å². The first-order valence-corrected chi connectivity index (χ1v) is 11.3. The second-order valence-electron chi connectivity index (χ2n) is 6.95. The van der Waals surface area contributed by atoms with Crippen molar-refractivity contribution in [2.75, 3.05) is 6.54 Å². The van der Waals surface area contributed by atoms with Gasteiger partial charge >= 0.3 is 5.97 Å². The Morgan fingerprint density at radius 3 is 2.18 bits per heavy atom. The van der Waals surface area contributed by atoms with Gasteiger partial charge in [-0.2, -0.15) is 0 Å². The number of rotatable bonds is 7. The quantitative estimate of drug-likeness (QED) is 0.190. The van der Waals surface area contributed by atoms with E-state index in [0.717, 1.165) is 0 Å². The van der Waals surface area contributed by atoms with Gasteiger partial charge in [0.2, 0.25) is 0 Å². The largest absolute Gasteiger partial charge is 0.505 e. The molecule has 0 aliphatic rings. The normalized spacial score (nSPS) is 10.6. The number of fused-ring (bicyclic) bond motifs is 1. The fourth-order valence-corrected chi connectivity index (χ4v) is 4.28. The van der Waals surface area contributed by atoms with E-state index in [1.54, 1.807) is 30.3 Å². The summed E-state index contributed by atoms with van der Waals surface area (Å²) in [6, 6.07) is 19.6. The number of amides is 1. The number of halogens is 2. The monoisotopic (exact) mass is 590 g/mol.